The van der Waals surface area contributed by atoms with Crippen LogP contribution in [0.3, 0.4) is 0 Å². The van der Waals surface area contributed by atoms with Gasteiger partial charge in [0.1, 0.15) is 0 Å². The molecule has 0 aromatic rings. The summed E-state index contributed by atoms with van der Waals surface area (Å²) < 4.78 is 0.652. The fourth-order valence-electron chi connectivity index (χ4n) is 0.866. The summed E-state index contributed by atoms with van der Waals surface area (Å²) in [6.07, 6.45) is 0.452. The third-order valence-corrected chi connectivity index (χ3v) is 2.66. The van der Waals surface area contributed by atoms with Crippen molar-refractivity contribution in [3.8, 4) is 0 Å². The lowest BCUT2D eigenvalue weighted by molar-refractivity contribution is -0.147. The molecule has 5 nitrogen and oxygen atoms in total. The highest BCUT2D eigenvalue weighted by Gasteiger charge is 2.31. The molecule has 0 aliphatic heterocycles. The first-order valence-corrected chi connectivity index (χ1v) is 5.69. The van der Waals surface area contributed by atoms with Crippen LogP contribution in [0.4, 0.5) is 4.79 Å². The molecule has 16 heavy (non-hydrogen) atoms. The number of carboxylic acids is 1. The fraction of sp³-hybridized carbons (Fsp3) is 0.600. The third kappa shape index (κ3) is 5.16. The number of nitrogens with one attached hydrogen (secondary N) is 2. The van der Waals surface area contributed by atoms with E-state index >= 15 is 0 Å². The van der Waals surface area contributed by atoms with Crippen molar-refractivity contribution in [2.24, 2.45) is 5.41 Å². The van der Waals surface area contributed by atoms with E-state index in [1.807, 2.05) is 0 Å². The van der Waals surface area contributed by atoms with Crippen molar-refractivity contribution in [1.82, 2.24) is 10.6 Å². The molecule has 0 radical (unpaired) electrons. The maximum Gasteiger partial charge on any atom is 0.315 e. The predicted molar refractivity (Wildman–Crippen MR) is 65.5 cm³/mol. The lowest BCUT2D eigenvalue weighted by Crippen LogP contribution is -2.44. The van der Waals surface area contributed by atoms with Crippen molar-refractivity contribution in [2.75, 3.05) is 13.1 Å². The molecule has 0 spiro atoms. The number of urea groups is 1. The van der Waals surface area contributed by atoms with Crippen LogP contribution in [0.25, 0.3) is 0 Å². The van der Waals surface area contributed by atoms with Crippen LogP contribution in [0, 0.1) is 5.41 Å². The van der Waals surface area contributed by atoms with Crippen LogP contribution in [-0.2, 0) is 4.79 Å². The van der Waals surface area contributed by atoms with Gasteiger partial charge in [0.25, 0.3) is 0 Å². The zero-order valence-electron chi connectivity index (χ0n) is 9.47. The molecule has 0 fully saturated rings. The van der Waals surface area contributed by atoms with Crippen molar-refractivity contribution >= 4 is 27.9 Å². The molecule has 0 bridgehead atoms. The molecule has 1 atom stereocenters. The normalized spacial score (nSPS) is 13.7. The molecular weight excluding hydrogens is 276 g/mol. The second-order valence-electron chi connectivity index (χ2n) is 3.77. The number of hydrogen-bond donors (Lipinski definition) is 3. The van der Waals surface area contributed by atoms with Crippen LogP contribution in [0.2, 0.25) is 0 Å². The minimum Gasteiger partial charge on any atom is -0.481 e. The van der Waals surface area contributed by atoms with Gasteiger partial charge in [0.2, 0.25) is 0 Å². The topological polar surface area (TPSA) is 78.4 Å². The summed E-state index contributed by atoms with van der Waals surface area (Å²) in [5, 5.41) is 14.0. The van der Waals surface area contributed by atoms with Gasteiger partial charge in [0, 0.05) is 11.0 Å². The minimum atomic E-state index is -0.928. The average molecular weight is 293 g/mol. The Morgan fingerprint density at radius 3 is 2.38 bits per heavy atom. The first-order chi connectivity index (χ1) is 7.31. The van der Waals surface area contributed by atoms with E-state index in [9.17, 15) is 9.59 Å². The van der Waals surface area contributed by atoms with Crippen LogP contribution in [-0.4, -0.2) is 30.2 Å². The van der Waals surface area contributed by atoms with Crippen molar-refractivity contribution in [1.29, 1.82) is 0 Å². The van der Waals surface area contributed by atoms with Crippen LogP contribution < -0.4 is 10.6 Å². The molecular formula is C10H17BrN2O3. The standard InChI is InChI=1S/C10H17BrN2O3/c1-4-10(3,8(14)15)6-13-9(16)12-5-7(2)11/h2,4-6H2,1,3H3,(H,14,15)(H2,12,13,16). The van der Waals surface area contributed by atoms with Crippen LogP contribution in [0.15, 0.2) is 11.1 Å². The summed E-state index contributed by atoms with van der Waals surface area (Å²) in [7, 11) is 0. The monoisotopic (exact) mass is 292 g/mol. The smallest absolute Gasteiger partial charge is 0.315 e. The number of rotatable bonds is 6. The highest BCUT2D eigenvalue weighted by molar-refractivity contribution is 9.11. The van der Waals surface area contributed by atoms with E-state index in [2.05, 4.69) is 33.1 Å². The Morgan fingerprint density at radius 1 is 1.44 bits per heavy atom. The van der Waals surface area contributed by atoms with Gasteiger partial charge in [-0.1, -0.05) is 29.4 Å². The fourth-order valence-corrected chi connectivity index (χ4v) is 1.01. The van der Waals surface area contributed by atoms with Crippen molar-refractivity contribution in [3.05, 3.63) is 11.1 Å². The summed E-state index contributed by atoms with van der Waals surface area (Å²) in [6.45, 7) is 7.33. The van der Waals surface area contributed by atoms with E-state index in [1.165, 1.54) is 0 Å². The second-order valence-corrected chi connectivity index (χ2v) is 4.89. The van der Waals surface area contributed by atoms with E-state index in [0.29, 0.717) is 17.4 Å². The summed E-state index contributed by atoms with van der Waals surface area (Å²) >= 11 is 3.10. The van der Waals surface area contributed by atoms with E-state index in [4.69, 9.17) is 5.11 Å². The molecule has 3 N–H and O–H groups in total. The summed E-state index contributed by atoms with van der Waals surface area (Å²) in [5.74, 6) is -0.916. The largest absolute Gasteiger partial charge is 0.481 e. The van der Waals surface area contributed by atoms with Gasteiger partial charge in [0.05, 0.1) is 12.0 Å². The highest BCUT2D eigenvalue weighted by atomic mass is 79.9. The first-order valence-electron chi connectivity index (χ1n) is 4.90. The maximum absolute atomic E-state index is 11.3. The molecule has 92 valence electrons. The number of carbonyl (C=O) groups is 2. The van der Waals surface area contributed by atoms with Gasteiger partial charge in [-0.05, 0) is 13.3 Å². The Balaban J connectivity index is 4.08. The van der Waals surface area contributed by atoms with Gasteiger partial charge < -0.3 is 15.7 Å². The number of carboxylic acid groups (broad SMARTS) is 1. The second kappa shape index (κ2) is 6.52. The molecule has 6 heteroatoms. The maximum atomic E-state index is 11.3. The Bertz CT molecular complexity index is 294. The molecule has 0 aliphatic rings. The first kappa shape index (κ1) is 15.0. The minimum absolute atomic E-state index is 0.0967. The number of carbonyl (C=O) groups excluding carboxylic acids is 1. The molecule has 0 heterocycles. The highest BCUT2D eigenvalue weighted by Crippen LogP contribution is 2.19. The van der Waals surface area contributed by atoms with Gasteiger partial charge in [-0.3, -0.25) is 4.79 Å². The summed E-state index contributed by atoms with van der Waals surface area (Å²) in [6, 6.07) is -0.401. The molecule has 0 saturated heterocycles. The number of halogens is 1. The van der Waals surface area contributed by atoms with Crippen LogP contribution in [0.1, 0.15) is 20.3 Å². The SMILES string of the molecule is C=C(Br)CNC(=O)NCC(C)(CC)C(=O)O. The lowest BCUT2D eigenvalue weighted by atomic mass is 9.88. The van der Waals surface area contributed by atoms with Gasteiger partial charge in [0.15, 0.2) is 0 Å². The zero-order chi connectivity index (χ0) is 12.8. The van der Waals surface area contributed by atoms with Crippen molar-refractivity contribution < 1.29 is 14.7 Å². The summed E-state index contributed by atoms with van der Waals surface area (Å²) in [4.78, 5) is 22.2. The molecule has 1 unspecified atom stereocenters. The molecule has 0 aromatic heterocycles. The van der Waals surface area contributed by atoms with Gasteiger partial charge in [-0.25, -0.2) is 4.79 Å². The lowest BCUT2D eigenvalue weighted by Gasteiger charge is -2.23. The Hall–Kier alpha value is -1.04. The van der Waals surface area contributed by atoms with Gasteiger partial charge in [-0.2, -0.15) is 0 Å². The third-order valence-electron chi connectivity index (χ3n) is 2.38. The molecule has 0 aliphatic carbocycles. The molecule has 0 rings (SSSR count). The quantitative estimate of drug-likeness (QED) is 0.697. The van der Waals surface area contributed by atoms with E-state index in [1.54, 1.807) is 13.8 Å². The average Bonchev–Trinajstić information content (AvgIpc) is 2.22. The number of amides is 2. The Morgan fingerprint density at radius 2 is 2.00 bits per heavy atom. The summed E-state index contributed by atoms with van der Waals surface area (Å²) in [5.41, 5.74) is -0.928. The zero-order valence-corrected chi connectivity index (χ0v) is 11.1. The van der Waals surface area contributed by atoms with Crippen LogP contribution >= 0.6 is 15.9 Å². The van der Waals surface area contributed by atoms with Gasteiger partial charge >= 0.3 is 12.0 Å². The van der Waals surface area contributed by atoms with E-state index in [-0.39, 0.29) is 6.54 Å². The van der Waals surface area contributed by atoms with E-state index in [0.717, 1.165) is 0 Å². The number of hydrogen-bond acceptors (Lipinski definition) is 2. The van der Waals surface area contributed by atoms with Crippen molar-refractivity contribution in [2.45, 2.75) is 20.3 Å². The molecule has 2 amide bonds. The molecule has 0 aromatic carbocycles. The Kier molecular flexibility index (Phi) is 6.10. The number of aliphatic carboxylic acids is 1. The van der Waals surface area contributed by atoms with Crippen molar-refractivity contribution in [3.63, 3.8) is 0 Å². The van der Waals surface area contributed by atoms with E-state index < -0.39 is 17.4 Å². The van der Waals surface area contributed by atoms with Gasteiger partial charge in [-0.15, -0.1) is 0 Å². The predicted octanol–water partition coefficient (Wildman–Crippen LogP) is 1.70. The Labute approximate surface area is 103 Å². The van der Waals surface area contributed by atoms with Crippen LogP contribution in [0.5, 0.6) is 0 Å². The molecule has 0 saturated carbocycles.